The smallest absolute Gasteiger partial charge is 0.231 e. The highest BCUT2D eigenvalue weighted by Crippen LogP contribution is 2.49. The van der Waals surface area contributed by atoms with Crippen LogP contribution in [0, 0.1) is 0 Å². The largest absolute Gasteiger partial charge is 0.492 e. The van der Waals surface area contributed by atoms with Gasteiger partial charge in [-0.25, -0.2) is 0 Å². The van der Waals surface area contributed by atoms with Crippen molar-refractivity contribution in [1.82, 2.24) is 0 Å². The first-order valence-electron chi connectivity index (χ1n) is 9.72. The van der Waals surface area contributed by atoms with E-state index in [1.165, 1.54) is 0 Å². The summed E-state index contributed by atoms with van der Waals surface area (Å²) >= 11 is 0. The van der Waals surface area contributed by atoms with Crippen LogP contribution in [0.1, 0.15) is 23.1 Å². The van der Waals surface area contributed by atoms with Crippen molar-refractivity contribution >= 4 is 6.08 Å². The van der Waals surface area contributed by atoms with Crippen LogP contribution in [0.3, 0.4) is 0 Å². The first kappa shape index (κ1) is 19.9. The van der Waals surface area contributed by atoms with E-state index in [9.17, 15) is 5.11 Å². The molecule has 0 radical (unpaired) electrons. The van der Waals surface area contributed by atoms with Crippen LogP contribution in [0.15, 0.2) is 72.8 Å². The normalized spacial score (nSPS) is 12.9. The summed E-state index contributed by atoms with van der Waals surface area (Å²) in [7, 11) is 3.15. The van der Waals surface area contributed by atoms with Crippen LogP contribution in [0.25, 0.3) is 6.08 Å². The van der Waals surface area contributed by atoms with E-state index in [1.807, 2.05) is 78.9 Å². The molecule has 0 saturated heterocycles. The zero-order chi connectivity index (χ0) is 21.0. The van der Waals surface area contributed by atoms with Crippen LogP contribution in [0.4, 0.5) is 0 Å². The summed E-state index contributed by atoms with van der Waals surface area (Å²) < 4.78 is 22.1. The Morgan fingerprint density at radius 3 is 2.07 bits per heavy atom. The summed E-state index contributed by atoms with van der Waals surface area (Å²) in [6, 6.07) is 21.2. The van der Waals surface area contributed by atoms with E-state index in [2.05, 4.69) is 0 Å². The molecule has 1 aliphatic heterocycles. The third kappa shape index (κ3) is 3.60. The molecule has 3 aromatic carbocycles. The van der Waals surface area contributed by atoms with Gasteiger partial charge in [0.05, 0.1) is 14.2 Å². The molecule has 0 atom stereocenters. The number of rotatable bonds is 7. The van der Waals surface area contributed by atoms with E-state index < -0.39 is 5.60 Å². The Morgan fingerprint density at radius 2 is 1.50 bits per heavy atom. The molecule has 30 heavy (non-hydrogen) atoms. The van der Waals surface area contributed by atoms with Crippen molar-refractivity contribution in [3.8, 4) is 23.0 Å². The summed E-state index contributed by atoms with van der Waals surface area (Å²) in [5.74, 6) is 2.19. The van der Waals surface area contributed by atoms with Crippen molar-refractivity contribution in [1.29, 1.82) is 0 Å². The molecule has 0 saturated carbocycles. The molecule has 4 rings (SSSR count). The molecule has 154 valence electrons. The number of methoxy groups -OCH3 is 2. The molecular formula is C25H24O5. The molecule has 1 aliphatic rings. The van der Waals surface area contributed by atoms with Gasteiger partial charge in [0, 0.05) is 12.0 Å². The van der Waals surface area contributed by atoms with E-state index in [0.29, 0.717) is 29.4 Å². The Bertz CT molecular complexity index is 989. The molecule has 0 spiro atoms. The summed E-state index contributed by atoms with van der Waals surface area (Å²) in [4.78, 5) is 0. The molecule has 0 unspecified atom stereocenters. The van der Waals surface area contributed by atoms with E-state index in [-0.39, 0.29) is 6.79 Å². The van der Waals surface area contributed by atoms with Gasteiger partial charge < -0.3 is 24.1 Å². The standard InChI is InChI=1S/C25H24O5/c1-27-22-18(16-21-23(24(22)28-2)30-17-29-21)10-9-15-25(26,19-11-5-3-6-12-19)20-13-7-4-8-14-20/h3-14,16,26H,15,17H2,1-2H3. The van der Waals surface area contributed by atoms with Gasteiger partial charge in [-0.15, -0.1) is 0 Å². The summed E-state index contributed by atoms with van der Waals surface area (Å²) in [6.07, 6.45) is 4.21. The van der Waals surface area contributed by atoms with Crippen molar-refractivity contribution in [2.24, 2.45) is 0 Å². The first-order chi connectivity index (χ1) is 14.7. The van der Waals surface area contributed by atoms with Gasteiger partial charge in [0.25, 0.3) is 0 Å². The minimum atomic E-state index is -1.16. The van der Waals surface area contributed by atoms with Crippen molar-refractivity contribution in [2.45, 2.75) is 12.0 Å². The summed E-state index contributed by atoms with van der Waals surface area (Å²) in [5, 5.41) is 11.7. The lowest BCUT2D eigenvalue weighted by Gasteiger charge is -2.28. The molecule has 0 aliphatic carbocycles. The van der Waals surface area contributed by atoms with Gasteiger partial charge in [0.1, 0.15) is 5.60 Å². The van der Waals surface area contributed by atoms with E-state index in [1.54, 1.807) is 14.2 Å². The summed E-state index contributed by atoms with van der Waals surface area (Å²) in [5.41, 5.74) is 1.28. The number of hydrogen-bond donors (Lipinski definition) is 1. The third-order valence-corrected chi connectivity index (χ3v) is 5.22. The second-order valence-corrected chi connectivity index (χ2v) is 6.96. The molecule has 0 bridgehead atoms. The molecule has 1 N–H and O–H groups in total. The molecule has 5 nitrogen and oxygen atoms in total. The van der Waals surface area contributed by atoms with Crippen LogP contribution < -0.4 is 18.9 Å². The quantitative estimate of drug-likeness (QED) is 0.615. The van der Waals surface area contributed by atoms with Crippen molar-refractivity contribution in [3.63, 3.8) is 0 Å². The Labute approximate surface area is 176 Å². The minimum Gasteiger partial charge on any atom is -0.492 e. The molecule has 5 heteroatoms. The number of fused-ring (bicyclic) bond motifs is 1. The molecule has 0 aromatic heterocycles. The second-order valence-electron chi connectivity index (χ2n) is 6.96. The minimum absolute atomic E-state index is 0.143. The van der Waals surface area contributed by atoms with E-state index >= 15 is 0 Å². The second kappa shape index (κ2) is 8.51. The predicted molar refractivity (Wildman–Crippen MR) is 115 cm³/mol. The zero-order valence-electron chi connectivity index (χ0n) is 17.0. The van der Waals surface area contributed by atoms with Gasteiger partial charge in [0.15, 0.2) is 11.5 Å². The highest BCUT2D eigenvalue weighted by atomic mass is 16.7. The highest BCUT2D eigenvalue weighted by Gasteiger charge is 2.30. The summed E-state index contributed by atoms with van der Waals surface area (Å²) in [6.45, 7) is 0.143. The Morgan fingerprint density at radius 1 is 0.900 bits per heavy atom. The molecular weight excluding hydrogens is 380 g/mol. The van der Waals surface area contributed by atoms with Gasteiger partial charge in [-0.3, -0.25) is 0 Å². The Hall–Kier alpha value is -3.44. The topological polar surface area (TPSA) is 57.2 Å². The lowest BCUT2D eigenvalue weighted by Crippen LogP contribution is -2.26. The van der Waals surface area contributed by atoms with Crippen molar-refractivity contribution in [2.75, 3.05) is 21.0 Å². The fourth-order valence-corrected chi connectivity index (χ4v) is 3.72. The average molecular weight is 404 g/mol. The van der Waals surface area contributed by atoms with E-state index in [4.69, 9.17) is 18.9 Å². The van der Waals surface area contributed by atoms with Gasteiger partial charge in [-0.2, -0.15) is 0 Å². The zero-order valence-corrected chi connectivity index (χ0v) is 17.0. The molecule has 1 heterocycles. The fraction of sp³-hybridized carbons (Fsp3) is 0.200. The molecule has 3 aromatic rings. The van der Waals surface area contributed by atoms with Gasteiger partial charge in [0.2, 0.25) is 18.3 Å². The van der Waals surface area contributed by atoms with Crippen LogP contribution in [0.5, 0.6) is 23.0 Å². The van der Waals surface area contributed by atoms with Crippen LogP contribution in [-0.2, 0) is 5.60 Å². The van der Waals surface area contributed by atoms with Gasteiger partial charge in [-0.05, 0) is 17.2 Å². The van der Waals surface area contributed by atoms with Crippen LogP contribution in [-0.4, -0.2) is 26.1 Å². The SMILES string of the molecule is COc1c(C=CCC(O)(c2ccccc2)c2ccccc2)cc2c(c1OC)OCO2. The number of ether oxygens (including phenoxy) is 4. The Kier molecular flexibility index (Phi) is 5.63. The van der Waals surface area contributed by atoms with Crippen molar-refractivity contribution < 1.29 is 24.1 Å². The lowest BCUT2D eigenvalue weighted by molar-refractivity contribution is 0.0843. The average Bonchev–Trinajstić information content (AvgIpc) is 3.27. The monoisotopic (exact) mass is 404 g/mol. The van der Waals surface area contributed by atoms with Crippen LogP contribution >= 0.6 is 0 Å². The maximum Gasteiger partial charge on any atom is 0.231 e. The van der Waals surface area contributed by atoms with Gasteiger partial charge >= 0.3 is 0 Å². The van der Waals surface area contributed by atoms with Gasteiger partial charge in [-0.1, -0.05) is 72.8 Å². The van der Waals surface area contributed by atoms with Crippen LogP contribution in [0.2, 0.25) is 0 Å². The number of benzene rings is 3. The molecule has 0 amide bonds. The first-order valence-corrected chi connectivity index (χ1v) is 9.72. The van der Waals surface area contributed by atoms with E-state index in [0.717, 1.165) is 16.7 Å². The lowest BCUT2D eigenvalue weighted by atomic mass is 9.83. The third-order valence-electron chi connectivity index (χ3n) is 5.22. The Balaban J connectivity index is 1.70. The number of aliphatic hydroxyl groups is 1. The maximum absolute atomic E-state index is 11.7. The maximum atomic E-state index is 11.7. The predicted octanol–water partition coefficient (Wildman–Crippen LogP) is 4.77. The van der Waals surface area contributed by atoms with Crippen molar-refractivity contribution in [3.05, 3.63) is 89.5 Å². The molecule has 0 fully saturated rings. The highest BCUT2D eigenvalue weighted by molar-refractivity contribution is 5.71. The fourth-order valence-electron chi connectivity index (χ4n) is 3.72. The number of hydrogen-bond acceptors (Lipinski definition) is 5.